The molecule has 0 saturated carbocycles. The quantitative estimate of drug-likeness (QED) is 0.530. The van der Waals surface area contributed by atoms with E-state index in [1.165, 1.54) is 0 Å². The van der Waals surface area contributed by atoms with Gasteiger partial charge in [0.2, 0.25) is 0 Å². The summed E-state index contributed by atoms with van der Waals surface area (Å²) in [6, 6.07) is 28.1. The van der Waals surface area contributed by atoms with Crippen molar-refractivity contribution in [2.45, 2.75) is 49.8 Å². The zero-order chi connectivity index (χ0) is 23.8. The zero-order valence-electron chi connectivity index (χ0n) is 19.6. The topological polar surface area (TPSA) is 66.4 Å². The fourth-order valence-electron chi connectivity index (χ4n) is 4.92. The highest BCUT2D eigenvalue weighted by Crippen LogP contribution is 2.43. The lowest BCUT2D eigenvalue weighted by atomic mass is 9.80. The van der Waals surface area contributed by atoms with E-state index in [1.807, 2.05) is 74.5 Å². The molecule has 3 aromatic rings. The number of ether oxygens (including phenoxy) is 5. The average Bonchev–Trinajstić information content (AvgIpc) is 3.34. The third kappa shape index (κ3) is 4.13. The van der Waals surface area contributed by atoms with Crippen LogP contribution in [0.1, 0.15) is 30.5 Å². The summed E-state index contributed by atoms with van der Waals surface area (Å²) in [7, 11) is 1.65. The van der Waals surface area contributed by atoms with Crippen LogP contribution < -0.4 is 4.74 Å². The molecule has 0 aliphatic carbocycles. The van der Waals surface area contributed by atoms with Gasteiger partial charge in [-0.05, 0) is 42.7 Å². The number of aliphatic hydroxyl groups is 1. The molecule has 0 amide bonds. The maximum atomic E-state index is 10.4. The van der Waals surface area contributed by atoms with Gasteiger partial charge in [-0.15, -0.1) is 0 Å². The molecule has 3 aromatic carbocycles. The van der Waals surface area contributed by atoms with Crippen molar-refractivity contribution in [3.05, 3.63) is 102 Å². The van der Waals surface area contributed by atoms with Crippen LogP contribution in [0.2, 0.25) is 0 Å². The third-order valence-corrected chi connectivity index (χ3v) is 6.45. The van der Waals surface area contributed by atoms with Crippen LogP contribution in [0.4, 0.5) is 0 Å². The summed E-state index contributed by atoms with van der Waals surface area (Å²) in [5, 5.41) is 10.4. The number of rotatable bonds is 7. The Morgan fingerprint density at radius 2 is 1.32 bits per heavy atom. The molecule has 2 aliphatic heterocycles. The Bertz CT molecular complexity index is 1040. The number of fused-ring (bicyclic) bond motifs is 1. The van der Waals surface area contributed by atoms with Crippen molar-refractivity contribution in [1.29, 1.82) is 0 Å². The number of aliphatic hydroxyl groups excluding tert-OH is 1. The van der Waals surface area contributed by atoms with Crippen molar-refractivity contribution in [2.75, 3.05) is 13.7 Å². The van der Waals surface area contributed by atoms with E-state index in [9.17, 15) is 5.11 Å². The van der Waals surface area contributed by atoms with Gasteiger partial charge in [0, 0.05) is 0 Å². The average molecular weight is 463 g/mol. The van der Waals surface area contributed by atoms with Crippen molar-refractivity contribution in [3.8, 4) is 5.75 Å². The minimum absolute atomic E-state index is 0.188. The van der Waals surface area contributed by atoms with Crippen molar-refractivity contribution in [1.82, 2.24) is 0 Å². The summed E-state index contributed by atoms with van der Waals surface area (Å²) in [5.74, 6) is -0.0211. The number of benzene rings is 3. The maximum Gasteiger partial charge on any atom is 0.184 e. The van der Waals surface area contributed by atoms with Crippen LogP contribution in [-0.4, -0.2) is 49.2 Å². The molecule has 6 nitrogen and oxygen atoms in total. The van der Waals surface area contributed by atoms with Crippen LogP contribution >= 0.6 is 0 Å². The molecule has 0 spiro atoms. The first-order valence-electron chi connectivity index (χ1n) is 11.5. The highest BCUT2D eigenvalue weighted by atomic mass is 16.8. The van der Waals surface area contributed by atoms with Gasteiger partial charge in [0.25, 0.3) is 0 Å². The highest BCUT2D eigenvalue weighted by molar-refractivity contribution is 5.48. The molecule has 0 bridgehead atoms. The Morgan fingerprint density at radius 1 is 0.794 bits per heavy atom. The minimum atomic E-state index is -1.07. The first kappa shape index (κ1) is 23.0. The van der Waals surface area contributed by atoms with E-state index in [1.54, 1.807) is 7.11 Å². The van der Waals surface area contributed by atoms with Gasteiger partial charge in [-0.2, -0.15) is 0 Å². The zero-order valence-corrected chi connectivity index (χ0v) is 19.6. The van der Waals surface area contributed by atoms with Gasteiger partial charge >= 0.3 is 0 Å². The largest absolute Gasteiger partial charge is 0.497 e. The lowest BCUT2D eigenvalue weighted by Gasteiger charge is -2.37. The van der Waals surface area contributed by atoms with Gasteiger partial charge in [0.05, 0.1) is 13.7 Å². The Balaban J connectivity index is 1.56. The van der Waals surface area contributed by atoms with Crippen LogP contribution in [0.5, 0.6) is 5.75 Å². The molecule has 2 aliphatic rings. The second kappa shape index (κ2) is 9.13. The van der Waals surface area contributed by atoms with Crippen molar-refractivity contribution in [3.63, 3.8) is 0 Å². The summed E-state index contributed by atoms with van der Waals surface area (Å²) in [6.45, 7) is 3.87. The predicted molar refractivity (Wildman–Crippen MR) is 126 cm³/mol. The van der Waals surface area contributed by atoms with Gasteiger partial charge in [-0.3, -0.25) is 0 Å². The molecule has 0 radical (unpaired) electrons. The van der Waals surface area contributed by atoms with Crippen LogP contribution in [0, 0.1) is 0 Å². The van der Waals surface area contributed by atoms with Crippen molar-refractivity contribution in [2.24, 2.45) is 0 Å². The Kier molecular flexibility index (Phi) is 6.18. The Morgan fingerprint density at radius 3 is 1.88 bits per heavy atom. The summed E-state index contributed by atoms with van der Waals surface area (Å²) < 4.78 is 30.0. The number of hydrogen-bond donors (Lipinski definition) is 1. The minimum Gasteiger partial charge on any atom is -0.497 e. The molecule has 4 atom stereocenters. The van der Waals surface area contributed by atoms with E-state index in [0.717, 1.165) is 22.4 Å². The summed E-state index contributed by atoms with van der Waals surface area (Å²) >= 11 is 0. The molecule has 34 heavy (non-hydrogen) atoms. The van der Waals surface area contributed by atoms with E-state index < -0.39 is 36.0 Å². The standard InChI is InChI=1S/C28H30O6/c1-27(2)33-24-23(32-26(29)25(24)34-27)18-31-28(19-10-6-4-7-11-19,20-12-8-5-9-13-20)21-14-16-22(30-3)17-15-21/h4-17,23-26,29H,18H2,1-3H3/t23-,24-,25-,26-/m1/s1. The third-order valence-electron chi connectivity index (χ3n) is 6.45. The van der Waals surface area contributed by atoms with Crippen LogP contribution in [0.3, 0.4) is 0 Å². The Hall–Kier alpha value is -2.74. The van der Waals surface area contributed by atoms with E-state index >= 15 is 0 Å². The molecule has 0 unspecified atom stereocenters. The van der Waals surface area contributed by atoms with Crippen LogP contribution in [0.25, 0.3) is 0 Å². The Labute approximate surface area is 200 Å². The van der Waals surface area contributed by atoms with Crippen LogP contribution in [0.15, 0.2) is 84.9 Å². The molecule has 1 N–H and O–H groups in total. The van der Waals surface area contributed by atoms with Gasteiger partial charge < -0.3 is 28.8 Å². The lowest BCUT2D eigenvalue weighted by Crippen LogP contribution is -2.39. The normalized spacial score (nSPS) is 25.8. The number of hydrogen-bond acceptors (Lipinski definition) is 6. The SMILES string of the molecule is COc1ccc(C(OC[C@H]2O[C@@H](O)[C@@H]3OC(C)(C)O[C@@H]32)(c2ccccc2)c2ccccc2)cc1. The first-order valence-corrected chi connectivity index (χ1v) is 11.5. The monoisotopic (exact) mass is 462 g/mol. The van der Waals surface area contributed by atoms with E-state index in [2.05, 4.69) is 24.3 Å². The second-order valence-corrected chi connectivity index (χ2v) is 9.08. The van der Waals surface area contributed by atoms with Gasteiger partial charge in [-0.25, -0.2) is 0 Å². The van der Waals surface area contributed by atoms with E-state index in [0.29, 0.717) is 0 Å². The lowest BCUT2D eigenvalue weighted by molar-refractivity contribution is -0.227. The fraction of sp³-hybridized carbons (Fsp3) is 0.357. The van der Waals surface area contributed by atoms with E-state index in [4.69, 9.17) is 23.7 Å². The van der Waals surface area contributed by atoms with Crippen molar-refractivity contribution >= 4 is 0 Å². The smallest absolute Gasteiger partial charge is 0.184 e. The molecule has 5 rings (SSSR count). The maximum absolute atomic E-state index is 10.4. The molecule has 2 heterocycles. The molecular formula is C28H30O6. The van der Waals surface area contributed by atoms with Crippen LogP contribution in [-0.2, 0) is 24.5 Å². The summed E-state index contributed by atoms with van der Waals surface area (Å²) in [4.78, 5) is 0. The molecule has 2 fully saturated rings. The second-order valence-electron chi connectivity index (χ2n) is 9.08. The fourth-order valence-corrected chi connectivity index (χ4v) is 4.92. The summed E-state index contributed by atoms with van der Waals surface area (Å²) in [5.41, 5.74) is 1.98. The van der Waals surface area contributed by atoms with Gasteiger partial charge in [-0.1, -0.05) is 72.8 Å². The van der Waals surface area contributed by atoms with Gasteiger partial charge in [0.15, 0.2) is 12.1 Å². The molecule has 6 heteroatoms. The highest BCUT2D eigenvalue weighted by Gasteiger charge is 2.55. The van der Waals surface area contributed by atoms with E-state index in [-0.39, 0.29) is 6.61 Å². The molecule has 178 valence electrons. The summed E-state index contributed by atoms with van der Waals surface area (Å²) in [6.07, 6.45) is -2.53. The predicted octanol–water partition coefficient (Wildman–Crippen LogP) is 4.24. The number of methoxy groups -OCH3 is 1. The first-order chi connectivity index (χ1) is 16.4. The molecule has 2 saturated heterocycles. The molecule has 0 aromatic heterocycles. The van der Waals surface area contributed by atoms with Gasteiger partial charge in [0.1, 0.15) is 29.7 Å². The van der Waals surface area contributed by atoms with Crippen molar-refractivity contribution < 1.29 is 28.8 Å². The molecular weight excluding hydrogens is 432 g/mol.